The third-order valence-electron chi connectivity index (χ3n) is 5.85. The van der Waals surface area contributed by atoms with Gasteiger partial charge in [-0.05, 0) is 49.9 Å². The average Bonchev–Trinajstić information content (AvgIpc) is 3.21. The first-order valence-corrected chi connectivity index (χ1v) is 10.4. The van der Waals surface area contributed by atoms with Crippen molar-refractivity contribution in [2.24, 2.45) is 5.92 Å². The number of rotatable bonds is 6. The first-order valence-electron chi connectivity index (χ1n) is 10.4. The van der Waals surface area contributed by atoms with Crippen molar-refractivity contribution in [3.63, 3.8) is 0 Å². The van der Waals surface area contributed by atoms with E-state index in [-0.39, 0.29) is 5.91 Å². The highest BCUT2D eigenvalue weighted by Gasteiger charge is 2.26. The Kier molecular flexibility index (Phi) is 5.74. The number of methoxy groups -OCH3 is 1. The summed E-state index contributed by atoms with van der Waals surface area (Å²) in [6, 6.07) is 18.2. The van der Waals surface area contributed by atoms with E-state index in [9.17, 15) is 4.79 Å². The summed E-state index contributed by atoms with van der Waals surface area (Å²) in [6.07, 6.45) is 2.27. The lowest BCUT2D eigenvalue weighted by molar-refractivity contribution is 0.0727. The molecule has 1 unspecified atom stereocenters. The number of aromatic amines is 1. The van der Waals surface area contributed by atoms with Crippen LogP contribution in [0, 0.1) is 5.92 Å². The molecule has 0 radical (unpaired) electrons. The Hall–Kier alpha value is -2.95. The number of benzene rings is 2. The zero-order valence-corrected chi connectivity index (χ0v) is 17.2. The molecule has 3 aromatic rings. The largest absolute Gasteiger partial charge is 0.495 e. The van der Waals surface area contributed by atoms with Gasteiger partial charge in [0.05, 0.1) is 12.8 Å². The third-order valence-corrected chi connectivity index (χ3v) is 5.85. The van der Waals surface area contributed by atoms with E-state index in [0.717, 1.165) is 54.8 Å². The van der Waals surface area contributed by atoms with Crippen LogP contribution in [0.4, 0.5) is 5.69 Å². The molecule has 1 amide bonds. The summed E-state index contributed by atoms with van der Waals surface area (Å²) in [5.41, 5.74) is 2.82. The second-order valence-corrected chi connectivity index (χ2v) is 7.74. The Morgan fingerprint density at radius 1 is 1.21 bits per heavy atom. The summed E-state index contributed by atoms with van der Waals surface area (Å²) in [7, 11) is 1.72. The second-order valence-electron chi connectivity index (χ2n) is 7.74. The van der Waals surface area contributed by atoms with E-state index in [0.29, 0.717) is 18.2 Å². The number of ether oxygens (including phenoxy) is 1. The number of nitrogens with one attached hydrogen (secondary N) is 1. The molecule has 1 aliphatic rings. The van der Waals surface area contributed by atoms with E-state index in [1.165, 1.54) is 0 Å². The van der Waals surface area contributed by atoms with E-state index in [1.54, 1.807) is 7.11 Å². The summed E-state index contributed by atoms with van der Waals surface area (Å²) in [5, 5.41) is 1.08. The molecule has 1 saturated heterocycles. The second kappa shape index (κ2) is 8.60. The minimum absolute atomic E-state index is 0.0816. The minimum Gasteiger partial charge on any atom is -0.495 e. The van der Waals surface area contributed by atoms with Gasteiger partial charge in [-0.1, -0.05) is 30.3 Å². The Balaban J connectivity index is 1.47. The van der Waals surface area contributed by atoms with Crippen molar-refractivity contribution in [3.8, 4) is 5.75 Å². The Morgan fingerprint density at radius 2 is 2.00 bits per heavy atom. The molecule has 1 N–H and O–H groups in total. The summed E-state index contributed by atoms with van der Waals surface area (Å²) in [6.45, 7) is 5.51. The van der Waals surface area contributed by atoms with Gasteiger partial charge in [0.1, 0.15) is 11.4 Å². The van der Waals surface area contributed by atoms with Gasteiger partial charge in [0, 0.05) is 37.1 Å². The number of hydrogen-bond donors (Lipinski definition) is 1. The van der Waals surface area contributed by atoms with Gasteiger partial charge in [0.25, 0.3) is 5.91 Å². The maximum absolute atomic E-state index is 13.1. The van der Waals surface area contributed by atoms with Crippen molar-refractivity contribution in [3.05, 3.63) is 60.3 Å². The van der Waals surface area contributed by atoms with Gasteiger partial charge in [0.15, 0.2) is 0 Å². The number of aromatic nitrogens is 1. The number of H-pyrrole nitrogens is 1. The number of amides is 1. The van der Waals surface area contributed by atoms with Gasteiger partial charge in [-0.3, -0.25) is 4.79 Å². The third kappa shape index (κ3) is 4.09. The lowest BCUT2D eigenvalue weighted by atomic mass is 9.96. The van der Waals surface area contributed by atoms with E-state index >= 15 is 0 Å². The van der Waals surface area contributed by atoms with E-state index in [4.69, 9.17) is 4.74 Å². The molecule has 4 rings (SSSR count). The highest BCUT2D eigenvalue weighted by Crippen LogP contribution is 2.31. The van der Waals surface area contributed by atoms with Gasteiger partial charge >= 0.3 is 0 Å². The predicted octanol–water partition coefficient (Wildman–Crippen LogP) is 4.56. The number of carbonyl (C=O) groups is 1. The zero-order chi connectivity index (χ0) is 20.2. The maximum Gasteiger partial charge on any atom is 0.270 e. The molecule has 5 nitrogen and oxygen atoms in total. The molecule has 0 aliphatic carbocycles. The maximum atomic E-state index is 13.1. The standard InChI is InChI=1S/C24H29N3O2/c1-3-26(24(28)21-15-19-10-4-5-11-20(19)25-21)16-18-9-8-14-27(17-18)22-12-6-7-13-23(22)29-2/h4-7,10-13,15,18,25H,3,8-9,14,16-17H2,1-2H3. The molecule has 5 heteroatoms. The Bertz CT molecular complexity index is 948. The van der Waals surface area contributed by atoms with Crippen molar-refractivity contribution in [1.29, 1.82) is 0 Å². The van der Waals surface area contributed by atoms with Gasteiger partial charge in [-0.25, -0.2) is 0 Å². The summed E-state index contributed by atoms with van der Waals surface area (Å²) >= 11 is 0. The zero-order valence-electron chi connectivity index (χ0n) is 17.2. The molecule has 0 saturated carbocycles. The number of para-hydroxylation sites is 3. The van der Waals surface area contributed by atoms with Crippen molar-refractivity contribution >= 4 is 22.5 Å². The van der Waals surface area contributed by atoms with Crippen LogP contribution >= 0.6 is 0 Å². The fourth-order valence-electron chi connectivity index (χ4n) is 4.35. The molecule has 1 aromatic heterocycles. The normalized spacial score (nSPS) is 16.8. The fraction of sp³-hybridized carbons (Fsp3) is 0.375. The molecule has 1 aliphatic heterocycles. The quantitative estimate of drug-likeness (QED) is 0.670. The van der Waals surface area contributed by atoms with Crippen molar-refractivity contribution in [2.75, 3.05) is 38.2 Å². The summed E-state index contributed by atoms with van der Waals surface area (Å²) in [4.78, 5) is 20.8. The van der Waals surface area contributed by atoms with Crippen LogP contribution < -0.4 is 9.64 Å². The average molecular weight is 392 g/mol. The first kappa shape index (κ1) is 19.4. The van der Waals surface area contributed by atoms with Crippen LogP contribution in [0.15, 0.2) is 54.6 Å². The molecular formula is C24H29N3O2. The highest BCUT2D eigenvalue weighted by molar-refractivity contribution is 5.98. The van der Waals surface area contributed by atoms with Gasteiger partial charge < -0.3 is 19.5 Å². The monoisotopic (exact) mass is 391 g/mol. The number of carbonyl (C=O) groups excluding carboxylic acids is 1. The fourth-order valence-corrected chi connectivity index (χ4v) is 4.35. The van der Waals surface area contributed by atoms with Crippen LogP contribution in [-0.4, -0.2) is 49.1 Å². The van der Waals surface area contributed by atoms with Crippen LogP contribution in [0.5, 0.6) is 5.75 Å². The van der Waals surface area contributed by atoms with Crippen molar-refractivity contribution in [1.82, 2.24) is 9.88 Å². The molecule has 2 heterocycles. The molecule has 2 aromatic carbocycles. The topological polar surface area (TPSA) is 48.6 Å². The smallest absolute Gasteiger partial charge is 0.270 e. The molecule has 0 bridgehead atoms. The number of hydrogen-bond acceptors (Lipinski definition) is 3. The van der Waals surface area contributed by atoms with Gasteiger partial charge in [-0.15, -0.1) is 0 Å². The first-order chi connectivity index (χ1) is 14.2. The molecule has 152 valence electrons. The number of nitrogens with zero attached hydrogens (tertiary/aromatic N) is 2. The summed E-state index contributed by atoms with van der Waals surface area (Å²) in [5.74, 6) is 1.44. The lowest BCUT2D eigenvalue weighted by Gasteiger charge is -2.37. The van der Waals surface area contributed by atoms with Crippen LogP contribution in [0.3, 0.4) is 0 Å². The Labute approximate surface area is 172 Å². The molecule has 0 spiro atoms. The van der Waals surface area contributed by atoms with Gasteiger partial charge in [0.2, 0.25) is 0 Å². The number of piperidine rings is 1. The van der Waals surface area contributed by atoms with Crippen LogP contribution in [0.1, 0.15) is 30.3 Å². The van der Waals surface area contributed by atoms with E-state index in [2.05, 4.69) is 28.9 Å². The SMILES string of the molecule is CCN(CC1CCCN(c2ccccc2OC)C1)C(=O)c1cc2ccccc2[nH]1. The number of anilines is 1. The van der Waals surface area contributed by atoms with Crippen LogP contribution in [-0.2, 0) is 0 Å². The molecular weight excluding hydrogens is 362 g/mol. The van der Waals surface area contributed by atoms with E-state index < -0.39 is 0 Å². The van der Waals surface area contributed by atoms with Crippen molar-refractivity contribution < 1.29 is 9.53 Å². The van der Waals surface area contributed by atoms with Crippen molar-refractivity contribution in [2.45, 2.75) is 19.8 Å². The molecule has 1 atom stereocenters. The van der Waals surface area contributed by atoms with Gasteiger partial charge in [-0.2, -0.15) is 0 Å². The molecule has 1 fully saturated rings. The van der Waals surface area contributed by atoms with Crippen LogP contribution in [0.25, 0.3) is 10.9 Å². The van der Waals surface area contributed by atoms with Crippen LogP contribution in [0.2, 0.25) is 0 Å². The summed E-state index contributed by atoms with van der Waals surface area (Å²) < 4.78 is 5.55. The van der Waals surface area contributed by atoms with E-state index in [1.807, 2.05) is 47.4 Å². The lowest BCUT2D eigenvalue weighted by Crippen LogP contribution is -2.43. The Morgan fingerprint density at radius 3 is 2.79 bits per heavy atom. The minimum atomic E-state index is 0.0816. The predicted molar refractivity (Wildman–Crippen MR) is 118 cm³/mol. The molecule has 29 heavy (non-hydrogen) atoms. The number of fused-ring (bicyclic) bond motifs is 1. The highest BCUT2D eigenvalue weighted by atomic mass is 16.5.